The number of piperazine rings is 1. The first-order chi connectivity index (χ1) is 24.2. The first-order valence-electron chi connectivity index (χ1n) is 17.1. The lowest BCUT2D eigenvalue weighted by molar-refractivity contribution is -0.127. The van der Waals surface area contributed by atoms with Crippen molar-refractivity contribution in [2.24, 2.45) is 0 Å². The fourth-order valence-electron chi connectivity index (χ4n) is 5.96. The summed E-state index contributed by atoms with van der Waals surface area (Å²) in [6.07, 6.45) is 3.62. The number of nitrogens with zero attached hydrogens (tertiary/aromatic N) is 4. The Morgan fingerprint density at radius 2 is 1.64 bits per heavy atom. The van der Waals surface area contributed by atoms with Crippen molar-refractivity contribution < 1.29 is 19.1 Å². The van der Waals surface area contributed by atoms with Gasteiger partial charge in [0.15, 0.2) is 0 Å². The number of benzene rings is 2. The summed E-state index contributed by atoms with van der Waals surface area (Å²) in [6, 6.07) is 18.7. The number of carbonyl (C=O) groups excluding carboxylic acids is 3. The van der Waals surface area contributed by atoms with Crippen molar-refractivity contribution >= 4 is 40.7 Å². The molecular formula is C37H47N7O4S2. The van der Waals surface area contributed by atoms with Crippen LogP contribution in [-0.4, -0.2) is 82.6 Å². The number of hydrogen-bond acceptors (Lipinski definition) is 9. The van der Waals surface area contributed by atoms with Gasteiger partial charge < -0.3 is 30.5 Å². The molecule has 0 bridgehead atoms. The van der Waals surface area contributed by atoms with Crippen molar-refractivity contribution in [3.05, 3.63) is 104 Å². The van der Waals surface area contributed by atoms with Crippen LogP contribution in [0.4, 0.5) is 9.59 Å². The van der Waals surface area contributed by atoms with Crippen LogP contribution in [0.15, 0.2) is 77.8 Å². The number of aromatic nitrogens is 2. The van der Waals surface area contributed by atoms with Gasteiger partial charge in [-0.25, -0.2) is 14.6 Å². The third kappa shape index (κ3) is 11.1. The topological polar surface area (TPSA) is 129 Å². The van der Waals surface area contributed by atoms with Crippen LogP contribution in [-0.2, 0) is 35.5 Å². The summed E-state index contributed by atoms with van der Waals surface area (Å²) in [5.41, 5.74) is 4.73. The molecule has 3 atom stereocenters. The molecule has 0 radical (unpaired) electrons. The van der Waals surface area contributed by atoms with Crippen LogP contribution >= 0.6 is 22.7 Å². The quantitative estimate of drug-likeness (QED) is 0.146. The molecule has 4 aromatic rings. The molecule has 13 heteroatoms. The molecule has 11 nitrogen and oxygen atoms in total. The summed E-state index contributed by atoms with van der Waals surface area (Å²) in [4.78, 5) is 53.5. The van der Waals surface area contributed by atoms with Gasteiger partial charge in [0.2, 0.25) is 5.91 Å². The number of amides is 4. The number of nitrogens with one attached hydrogen (secondary N) is 3. The standard InChI is InChI=1S/C37H47N7O4S2/c1-26(2)35-41-31(24-49-35)22-43(3)37(47)44-17-16-38-21-33(44)34(45)40-29(18-27-10-6-4-7-11-27)14-15-30(19-28-12-8-5-9-13-28)42-36(46)48-23-32-20-39-25-50-32/h4-13,20,24-26,29-30,33,38H,14-19,21-23H2,1-3H3,(H,40,45)(H,42,46)/t29-,30-,33+/m1/s1. The zero-order valence-corrected chi connectivity index (χ0v) is 30.6. The Kier molecular flexibility index (Phi) is 13.7. The van der Waals surface area contributed by atoms with Crippen molar-refractivity contribution in [3.63, 3.8) is 0 Å². The summed E-state index contributed by atoms with van der Waals surface area (Å²) in [7, 11) is 1.76. The highest BCUT2D eigenvalue weighted by Gasteiger charge is 2.35. The van der Waals surface area contributed by atoms with Crippen molar-refractivity contribution in [1.82, 2.24) is 35.7 Å². The van der Waals surface area contributed by atoms with Crippen molar-refractivity contribution in [1.29, 1.82) is 0 Å². The van der Waals surface area contributed by atoms with Crippen LogP contribution in [0.3, 0.4) is 0 Å². The van der Waals surface area contributed by atoms with E-state index < -0.39 is 12.1 Å². The van der Waals surface area contributed by atoms with Gasteiger partial charge in [0.05, 0.1) is 27.6 Å². The lowest BCUT2D eigenvalue weighted by Crippen LogP contribution is -2.62. The molecule has 3 N–H and O–H groups in total. The fourth-order valence-corrected chi connectivity index (χ4v) is 7.30. The zero-order valence-electron chi connectivity index (χ0n) is 28.9. The van der Waals surface area contributed by atoms with Crippen LogP contribution in [0.2, 0.25) is 0 Å². The normalized spacial score (nSPS) is 15.7. The molecular weight excluding hydrogens is 671 g/mol. The molecule has 0 saturated carbocycles. The number of hydrogen-bond donors (Lipinski definition) is 3. The summed E-state index contributed by atoms with van der Waals surface area (Å²) in [6.45, 7) is 6.13. The minimum Gasteiger partial charge on any atom is -0.444 e. The Balaban J connectivity index is 1.26. The first-order valence-corrected chi connectivity index (χ1v) is 18.9. The first kappa shape index (κ1) is 36.9. The Morgan fingerprint density at radius 3 is 2.24 bits per heavy atom. The number of ether oxygens (including phenoxy) is 1. The minimum absolute atomic E-state index is 0.157. The van der Waals surface area contributed by atoms with E-state index in [4.69, 9.17) is 4.74 Å². The van der Waals surface area contributed by atoms with Crippen LogP contribution in [0.25, 0.3) is 0 Å². The second kappa shape index (κ2) is 18.6. The highest BCUT2D eigenvalue weighted by atomic mass is 32.1. The van der Waals surface area contributed by atoms with E-state index in [-0.39, 0.29) is 30.6 Å². The van der Waals surface area contributed by atoms with Crippen molar-refractivity contribution in [3.8, 4) is 0 Å². The van der Waals surface area contributed by atoms with Gasteiger partial charge in [-0.15, -0.1) is 22.7 Å². The molecule has 1 fully saturated rings. The summed E-state index contributed by atoms with van der Waals surface area (Å²) >= 11 is 3.04. The predicted molar refractivity (Wildman–Crippen MR) is 197 cm³/mol. The molecule has 1 saturated heterocycles. The highest BCUT2D eigenvalue weighted by molar-refractivity contribution is 7.09. The smallest absolute Gasteiger partial charge is 0.407 e. The number of thiazole rings is 2. The Morgan fingerprint density at radius 1 is 0.980 bits per heavy atom. The zero-order chi connectivity index (χ0) is 35.3. The average molecular weight is 718 g/mol. The maximum absolute atomic E-state index is 14.0. The van der Waals surface area contributed by atoms with Gasteiger partial charge in [-0.2, -0.15) is 0 Å². The molecule has 3 heterocycles. The minimum atomic E-state index is -0.668. The van der Waals surface area contributed by atoms with Gasteiger partial charge in [0, 0.05) is 56.3 Å². The molecule has 0 spiro atoms. The fraction of sp³-hybridized carbons (Fsp3) is 0.432. The predicted octanol–water partition coefficient (Wildman–Crippen LogP) is 5.59. The second-order valence-corrected chi connectivity index (χ2v) is 14.8. The van der Waals surface area contributed by atoms with Gasteiger partial charge in [-0.05, 0) is 36.8 Å². The Hall–Kier alpha value is -4.33. The molecule has 0 unspecified atom stereocenters. The third-order valence-corrected chi connectivity index (χ3v) is 10.5. The van der Waals surface area contributed by atoms with Crippen molar-refractivity contribution in [2.45, 2.75) is 76.7 Å². The molecule has 50 heavy (non-hydrogen) atoms. The van der Waals surface area contributed by atoms with Gasteiger partial charge in [-0.3, -0.25) is 9.78 Å². The molecule has 266 valence electrons. The highest BCUT2D eigenvalue weighted by Crippen LogP contribution is 2.21. The lowest BCUT2D eigenvalue weighted by atomic mass is 9.95. The molecule has 2 aromatic heterocycles. The number of urea groups is 1. The molecule has 4 amide bonds. The molecule has 1 aliphatic heterocycles. The van der Waals surface area contributed by atoms with Gasteiger partial charge in [-0.1, -0.05) is 74.5 Å². The van der Waals surface area contributed by atoms with E-state index >= 15 is 0 Å². The molecule has 0 aliphatic carbocycles. The summed E-state index contributed by atoms with van der Waals surface area (Å²) < 4.78 is 5.50. The number of carbonyl (C=O) groups is 3. The Bertz CT molecular complexity index is 1640. The van der Waals surface area contributed by atoms with E-state index in [0.717, 1.165) is 26.7 Å². The van der Waals surface area contributed by atoms with Crippen LogP contribution in [0.1, 0.15) is 59.3 Å². The van der Waals surface area contributed by atoms with Crippen LogP contribution < -0.4 is 16.0 Å². The van der Waals surface area contributed by atoms with E-state index in [1.807, 2.05) is 66.0 Å². The van der Waals surface area contributed by atoms with E-state index in [2.05, 4.69) is 39.8 Å². The van der Waals surface area contributed by atoms with Gasteiger partial charge >= 0.3 is 12.1 Å². The van der Waals surface area contributed by atoms with E-state index in [1.54, 1.807) is 39.9 Å². The van der Waals surface area contributed by atoms with Gasteiger partial charge in [0.25, 0.3) is 0 Å². The average Bonchev–Trinajstić information content (AvgIpc) is 3.83. The second-order valence-electron chi connectivity index (χ2n) is 12.9. The van der Waals surface area contributed by atoms with Crippen LogP contribution in [0, 0.1) is 0 Å². The lowest BCUT2D eigenvalue weighted by Gasteiger charge is -2.38. The van der Waals surface area contributed by atoms with Crippen molar-refractivity contribution in [2.75, 3.05) is 26.7 Å². The molecule has 1 aliphatic rings. The maximum Gasteiger partial charge on any atom is 0.407 e. The molecule has 2 aromatic carbocycles. The van der Waals surface area contributed by atoms with E-state index in [1.165, 1.54) is 11.3 Å². The van der Waals surface area contributed by atoms with Gasteiger partial charge in [0.1, 0.15) is 12.6 Å². The number of alkyl carbamates (subject to hydrolysis) is 1. The maximum atomic E-state index is 14.0. The summed E-state index contributed by atoms with van der Waals surface area (Å²) in [5, 5.41) is 12.7. The largest absolute Gasteiger partial charge is 0.444 e. The van der Waals surface area contributed by atoms with E-state index in [9.17, 15) is 14.4 Å². The molecule has 5 rings (SSSR count). The van der Waals surface area contributed by atoms with E-state index in [0.29, 0.717) is 57.8 Å². The number of rotatable bonds is 15. The Labute approximate surface area is 302 Å². The SMILES string of the molecule is CC(C)c1nc(CN(C)C(=O)N2CCNC[C@H]2C(=O)N[C@H](CC[C@H](Cc2ccccc2)NC(=O)OCc2cncs2)Cc2ccccc2)cs1. The summed E-state index contributed by atoms with van der Waals surface area (Å²) in [5.74, 6) is 0.124. The van der Waals surface area contributed by atoms with Crippen LogP contribution in [0.5, 0.6) is 0 Å². The third-order valence-electron chi connectivity index (χ3n) is 8.59. The monoisotopic (exact) mass is 717 g/mol.